The fourth-order valence-corrected chi connectivity index (χ4v) is 5.61. The molecule has 1 aromatic heterocycles. The van der Waals surface area contributed by atoms with Gasteiger partial charge in [-0.3, -0.25) is 0 Å². The summed E-state index contributed by atoms with van der Waals surface area (Å²) >= 11 is 1.31. The molecule has 0 radical (unpaired) electrons. The van der Waals surface area contributed by atoms with Crippen LogP contribution in [0, 0.1) is 12.7 Å². The summed E-state index contributed by atoms with van der Waals surface area (Å²) in [5.41, 5.74) is 1.22. The molecule has 0 aliphatic rings. The molecule has 3 aromatic rings. The van der Waals surface area contributed by atoms with E-state index in [0.29, 0.717) is 27.4 Å². The number of halogens is 1. The summed E-state index contributed by atoms with van der Waals surface area (Å²) in [6.07, 6.45) is 0.478. The van der Waals surface area contributed by atoms with Gasteiger partial charge in [-0.15, -0.1) is 11.3 Å². The molecule has 9 heteroatoms. The summed E-state index contributed by atoms with van der Waals surface area (Å²) in [4.78, 5) is 16.6. The lowest BCUT2D eigenvalue weighted by Gasteiger charge is -2.22. The van der Waals surface area contributed by atoms with E-state index in [2.05, 4.69) is 4.98 Å². The Morgan fingerprint density at radius 3 is 2.40 bits per heavy atom. The lowest BCUT2D eigenvalue weighted by atomic mass is 10.1. The standard InChI is InChI=1S/C21H21FN2O4S2/c1-4-14-8-11-17(12-18(14)21(25)26)30(27,28)24(5-2)19-13(3)29-20(23-19)15-6-9-16(22)10-7-15/h6-12H,4-5H2,1-3H3,(H,25,26). The summed E-state index contributed by atoms with van der Waals surface area (Å²) in [7, 11) is -4.03. The van der Waals surface area contributed by atoms with E-state index in [9.17, 15) is 22.7 Å². The zero-order valence-corrected chi connectivity index (χ0v) is 18.3. The van der Waals surface area contributed by atoms with Gasteiger partial charge >= 0.3 is 5.97 Å². The molecule has 158 valence electrons. The average molecular weight is 449 g/mol. The minimum atomic E-state index is -4.03. The second-order valence-electron chi connectivity index (χ2n) is 6.55. The maximum Gasteiger partial charge on any atom is 0.336 e. The summed E-state index contributed by atoms with van der Waals surface area (Å²) in [6, 6.07) is 9.97. The fourth-order valence-electron chi connectivity index (χ4n) is 3.12. The highest BCUT2D eigenvalue weighted by atomic mass is 32.2. The molecule has 0 atom stereocenters. The van der Waals surface area contributed by atoms with Gasteiger partial charge in [-0.2, -0.15) is 0 Å². The Labute approximate surface area is 178 Å². The van der Waals surface area contributed by atoms with Crippen molar-refractivity contribution in [1.29, 1.82) is 0 Å². The maximum atomic E-state index is 13.3. The topological polar surface area (TPSA) is 87.6 Å². The lowest BCUT2D eigenvalue weighted by Crippen LogP contribution is -2.31. The van der Waals surface area contributed by atoms with Crippen molar-refractivity contribution in [2.24, 2.45) is 0 Å². The van der Waals surface area contributed by atoms with Gasteiger partial charge in [0, 0.05) is 17.0 Å². The van der Waals surface area contributed by atoms with Crippen LogP contribution in [0.25, 0.3) is 10.6 Å². The van der Waals surface area contributed by atoms with Crippen LogP contribution in [0.4, 0.5) is 10.2 Å². The van der Waals surface area contributed by atoms with E-state index in [0.717, 1.165) is 0 Å². The number of carboxylic acid groups (broad SMARTS) is 1. The number of anilines is 1. The van der Waals surface area contributed by atoms with Crippen molar-refractivity contribution in [3.8, 4) is 10.6 Å². The van der Waals surface area contributed by atoms with Gasteiger partial charge in [0.05, 0.1) is 10.5 Å². The molecule has 3 rings (SSSR count). The van der Waals surface area contributed by atoms with Gasteiger partial charge in [0.15, 0.2) is 5.82 Å². The Balaban J connectivity index is 2.06. The van der Waals surface area contributed by atoms with E-state index >= 15 is 0 Å². The first-order chi connectivity index (χ1) is 14.2. The number of hydrogen-bond acceptors (Lipinski definition) is 5. The molecule has 6 nitrogen and oxygen atoms in total. The van der Waals surface area contributed by atoms with Crippen LogP contribution in [0.15, 0.2) is 47.4 Å². The number of carbonyl (C=O) groups is 1. The van der Waals surface area contributed by atoms with Crippen LogP contribution in [-0.2, 0) is 16.4 Å². The smallest absolute Gasteiger partial charge is 0.336 e. The first kappa shape index (κ1) is 21.9. The van der Waals surface area contributed by atoms with E-state index in [1.54, 1.807) is 26.0 Å². The molecule has 0 spiro atoms. The highest BCUT2D eigenvalue weighted by Crippen LogP contribution is 2.35. The zero-order valence-electron chi connectivity index (χ0n) is 16.7. The van der Waals surface area contributed by atoms with E-state index in [1.165, 1.54) is 46.0 Å². The van der Waals surface area contributed by atoms with Gasteiger partial charge in [0.25, 0.3) is 10.0 Å². The SMILES string of the molecule is CCc1ccc(S(=O)(=O)N(CC)c2nc(-c3ccc(F)cc3)sc2C)cc1C(=O)O. The Hall–Kier alpha value is -2.78. The minimum absolute atomic E-state index is 0.0309. The molecular formula is C21H21FN2O4S2. The summed E-state index contributed by atoms with van der Waals surface area (Å²) < 4.78 is 41.0. The average Bonchev–Trinajstić information content (AvgIpc) is 3.09. The van der Waals surface area contributed by atoms with Crippen LogP contribution >= 0.6 is 11.3 Å². The quantitative estimate of drug-likeness (QED) is 0.564. The molecule has 1 N–H and O–H groups in total. The molecule has 2 aromatic carbocycles. The molecule has 0 unspecified atom stereocenters. The number of aromatic carboxylic acids is 1. The number of rotatable bonds is 7. The number of hydrogen-bond donors (Lipinski definition) is 1. The predicted octanol–water partition coefficient (Wildman–Crippen LogP) is 4.73. The van der Waals surface area contributed by atoms with Crippen molar-refractivity contribution < 1.29 is 22.7 Å². The molecular weight excluding hydrogens is 427 g/mol. The molecule has 0 fully saturated rings. The Kier molecular flexibility index (Phi) is 6.23. The third-order valence-electron chi connectivity index (χ3n) is 4.67. The van der Waals surface area contributed by atoms with Crippen LogP contribution in [0.5, 0.6) is 0 Å². The third kappa shape index (κ3) is 4.08. The molecule has 0 saturated heterocycles. The van der Waals surface area contributed by atoms with Crippen molar-refractivity contribution >= 4 is 33.1 Å². The number of aromatic nitrogens is 1. The van der Waals surface area contributed by atoms with Crippen LogP contribution in [-0.4, -0.2) is 31.0 Å². The Morgan fingerprint density at radius 1 is 1.17 bits per heavy atom. The van der Waals surface area contributed by atoms with Gasteiger partial charge in [0.1, 0.15) is 10.8 Å². The maximum absolute atomic E-state index is 13.3. The summed E-state index contributed by atoms with van der Waals surface area (Å²) in [6.45, 7) is 5.38. The van der Waals surface area contributed by atoms with Crippen molar-refractivity contribution in [3.05, 3.63) is 64.3 Å². The van der Waals surface area contributed by atoms with Crippen LogP contribution < -0.4 is 4.31 Å². The zero-order chi connectivity index (χ0) is 22.1. The second-order valence-corrected chi connectivity index (χ2v) is 9.62. The number of aryl methyl sites for hydroxylation is 2. The van der Waals surface area contributed by atoms with E-state index in [4.69, 9.17) is 0 Å². The highest BCUT2D eigenvalue weighted by molar-refractivity contribution is 7.92. The summed E-state index contributed by atoms with van der Waals surface area (Å²) in [5.74, 6) is -1.26. The first-order valence-electron chi connectivity index (χ1n) is 9.31. The Bertz CT molecular complexity index is 1190. The molecule has 0 aliphatic heterocycles. The molecule has 0 amide bonds. The monoisotopic (exact) mass is 448 g/mol. The van der Waals surface area contributed by atoms with Gasteiger partial charge in [0.2, 0.25) is 0 Å². The van der Waals surface area contributed by atoms with Crippen LogP contribution in [0.1, 0.15) is 34.6 Å². The minimum Gasteiger partial charge on any atom is -0.478 e. The van der Waals surface area contributed by atoms with E-state index < -0.39 is 16.0 Å². The number of carboxylic acids is 1. The lowest BCUT2D eigenvalue weighted by molar-refractivity contribution is 0.0695. The summed E-state index contributed by atoms with van der Waals surface area (Å²) in [5, 5.41) is 10.0. The van der Waals surface area contributed by atoms with Crippen molar-refractivity contribution in [1.82, 2.24) is 4.98 Å². The number of thiazole rings is 1. The molecule has 1 heterocycles. The molecule has 0 aliphatic carbocycles. The highest BCUT2D eigenvalue weighted by Gasteiger charge is 2.29. The first-order valence-corrected chi connectivity index (χ1v) is 11.6. The van der Waals surface area contributed by atoms with Gasteiger partial charge in [-0.05, 0) is 62.2 Å². The molecule has 0 saturated carbocycles. The largest absolute Gasteiger partial charge is 0.478 e. The van der Waals surface area contributed by atoms with E-state index in [1.807, 2.05) is 6.92 Å². The Morgan fingerprint density at radius 2 is 1.83 bits per heavy atom. The van der Waals surface area contributed by atoms with Crippen molar-refractivity contribution in [2.75, 3.05) is 10.8 Å². The van der Waals surface area contributed by atoms with Crippen molar-refractivity contribution in [2.45, 2.75) is 32.1 Å². The van der Waals surface area contributed by atoms with Gasteiger partial charge in [-0.1, -0.05) is 13.0 Å². The van der Waals surface area contributed by atoms with Crippen LogP contribution in [0.2, 0.25) is 0 Å². The number of nitrogens with zero attached hydrogens (tertiary/aromatic N) is 2. The van der Waals surface area contributed by atoms with Gasteiger partial charge in [-0.25, -0.2) is 26.9 Å². The predicted molar refractivity (Wildman–Crippen MR) is 115 cm³/mol. The van der Waals surface area contributed by atoms with E-state index in [-0.39, 0.29) is 28.6 Å². The number of sulfonamides is 1. The fraction of sp³-hybridized carbons (Fsp3) is 0.238. The third-order valence-corrected chi connectivity index (χ3v) is 7.54. The van der Waals surface area contributed by atoms with Crippen LogP contribution in [0.3, 0.4) is 0 Å². The molecule has 30 heavy (non-hydrogen) atoms. The van der Waals surface area contributed by atoms with Gasteiger partial charge < -0.3 is 5.11 Å². The van der Waals surface area contributed by atoms with Crippen molar-refractivity contribution in [3.63, 3.8) is 0 Å². The molecule has 0 bridgehead atoms. The normalized spacial score (nSPS) is 11.5. The second kappa shape index (κ2) is 8.53. The number of benzene rings is 2.